The quantitative estimate of drug-likeness (QED) is 0.839. The van der Waals surface area contributed by atoms with Crippen molar-refractivity contribution in [1.82, 2.24) is 10.2 Å². The molecule has 3 amide bonds. The first-order chi connectivity index (χ1) is 11.4. The molecule has 2 rings (SSSR count). The van der Waals surface area contributed by atoms with Gasteiger partial charge in [0.05, 0.1) is 6.61 Å². The van der Waals surface area contributed by atoms with Crippen LogP contribution in [0.25, 0.3) is 0 Å². The van der Waals surface area contributed by atoms with Crippen LogP contribution in [0.2, 0.25) is 10.0 Å². The van der Waals surface area contributed by atoms with Crippen LogP contribution >= 0.6 is 23.2 Å². The SMILES string of the molecule is CCOC(=O)N1CCC(NC(=O)Nc2cc(Cl)c(C)c(Cl)c2)CC1. The van der Waals surface area contributed by atoms with Gasteiger partial charge in [-0.05, 0) is 44.4 Å². The normalized spacial score (nSPS) is 15.1. The van der Waals surface area contributed by atoms with Gasteiger partial charge < -0.3 is 20.3 Å². The molecule has 6 nitrogen and oxygen atoms in total. The molecule has 1 heterocycles. The number of hydrogen-bond acceptors (Lipinski definition) is 3. The number of carbonyl (C=O) groups excluding carboxylic acids is 2. The summed E-state index contributed by atoms with van der Waals surface area (Å²) >= 11 is 12.1. The lowest BCUT2D eigenvalue weighted by Crippen LogP contribution is -2.47. The molecule has 1 saturated heterocycles. The molecule has 0 radical (unpaired) electrons. The Morgan fingerprint density at radius 3 is 2.38 bits per heavy atom. The van der Waals surface area contributed by atoms with Gasteiger partial charge in [0.2, 0.25) is 0 Å². The first-order valence-corrected chi connectivity index (χ1v) is 8.61. The lowest BCUT2D eigenvalue weighted by molar-refractivity contribution is 0.0959. The van der Waals surface area contributed by atoms with E-state index in [2.05, 4.69) is 10.6 Å². The van der Waals surface area contributed by atoms with Gasteiger partial charge in [-0.2, -0.15) is 0 Å². The molecule has 24 heavy (non-hydrogen) atoms. The number of likely N-dealkylation sites (tertiary alicyclic amines) is 1. The van der Waals surface area contributed by atoms with Gasteiger partial charge in [-0.15, -0.1) is 0 Å². The summed E-state index contributed by atoms with van der Waals surface area (Å²) in [5.74, 6) is 0. The molecule has 0 aromatic heterocycles. The number of urea groups is 1. The molecule has 0 spiro atoms. The molecule has 0 atom stereocenters. The van der Waals surface area contributed by atoms with Crippen molar-refractivity contribution >= 4 is 41.0 Å². The Labute approximate surface area is 151 Å². The van der Waals surface area contributed by atoms with Crippen molar-refractivity contribution in [2.24, 2.45) is 0 Å². The van der Waals surface area contributed by atoms with Gasteiger partial charge >= 0.3 is 12.1 Å². The maximum absolute atomic E-state index is 12.1. The number of nitrogens with zero attached hydrogens (tertiary/aromatic N) is 1. The second-order valence-corrected chi connectivity index (χ2v) is 6.44. The van der Waals surface area contributed by atoms with Crippen molar-refractivity contribution in [2.45, 2.75) is 32.7 Å². The largest absolute Gasteiger partial charge is 0.450 e. The van der Waals surface area contributed by atoms with E-state index in [9.17, 15) is 9.59 Å². The number of rotatable bonds is 3. The second kappa shape index (κ2) is 8.44. The molecule has 1 aromatic rings. The summed E-state index contributed by atoms with van der Waals surface area (Å²) < 4.78 is 4.97. The highest BCUT2D eigenvalue weighted by molar-refractivity contribution is 6.36. The molecule has 0 bridgehead atoms. The van der Waals surface area contributed by atoms with Crippen molar-refractivity contribution in [1.29, 1.82) is 0 Å². The van der Waals surface area contributed by atoms with Crippen molar-refractivity contribution in [3.8, 4) is 0 Å². The van der Waals surface area contributed by atoms with Gasteiger partial charge in [0.25, 0.3) is 0 Å². The minimum absolute atomic E-state index is 0.00655. The van der Waals surface area contributed by atoms with E-state index in [1.807, 2.05) is 6.92 Å². The number of anilines is 1. The number of ether oxygens (including phenoxy) is 1. The maximum Gasteiger partial charge on any atom is 0.409 e. The standard InChI is InChI=1S/C16H21Cl2N3O3/c1-3-24-16(23)21-6-4-11(5-7-21)19-15(22)20-12-8-13(17)10(2)14(18)9-12/h8-9,11H,3-7H2,1-2H3,(H2,19,20,22). The van der Waals surface area contributed by atoms with Crippen molar-refractivity contribution in [3.05, 3.63) is 27.7 Å². The topological polar surface area (TPSA) is 70.7 Å². The summed E-state index contributed by atoms with van der Waals surface area (Å²) in [6.07, 6.45) is 1.06. The summed E-state index contributed by atoms with van der Waals surface area (Å²) in [5, 5.41) is 6.63. The number of benzene rings is 1. The summed E-state index contributed by atoms with van der Waals surface area (Å²) in [7, 11) is 0. The highest BCUT2D eigenvalue weighted by Gasteiger charge is 2.24. The van der Waals surface area contributed by atoms with Crippen LogP contribution in [-0.4, -0.2) is 42.8 Å². The first-order valence-electron chi connectivity index (χ1n) is 7.85. The zero-order valence-electron chi connectivity index (χ0n) is 13.7. The van der Waals surface area contributed by atoms with Crippen molar-refractivity contribution in [3.63, 3.8) is 0 Å². The average Bonchev–Trinajstić information content (AvgIpc) is 2.53. The Bertz CT molecular complexity index is 594. The van der Waals surface area contributed by atoms with Gasteiger partial charge in [0, 0.05) is 34.9 Å². The molecule has 1 aliphatic heterocycles. The number of nitrogens with one attached hydrogen (secondary N) is 2. The highest BCUT2D eigenvalue weighted by Crippen LogP contribution is 2.28. The fourth-order valence-electron chi connectivity index (χ4n) is 2.49. The fourth-order valence-corrected chi connectivity index (χ4v) is 2.98. The molecule has 1 aromatic carbocycles. The van der Waals surface area contributed by atoms with Crippen LogP contribution in [0.5, 0.6) is 0 Å². The maximum atomic E-state index is 12.1. The van der Waals surface area contributed by atoms with Crippen LogP contribution in [0.3, 0.4) is 0 Å². The van der Waals surface area contributed by atoms with E-state index in [-0.39, 0.29) is 18.2 Å². The number of halogens is 2. The first kappa shape index (κ1) is 18.7. The van der Waals surface area contributed by atoms with Crippen LogP contribution < -0.4 is 10.6 Å². The van der Waals surface area contributed by atoms with Crippen LogP contribution in [-0.2, 0) is 4.74 Å². The predicted molar refractivity (Wildman–Crippen MR) is 95.0 cm³/mol. The fraction of sp³-hybridized carbons (Fsp3) is 0.500. The monoisotopic (exact) mass is 373 g/mol. The van der Waals surface area contributed by atoms with Crippen molar-refractivity contribution in [2.75, 3.05) is 25.0 Å². The Morgan fingerprint density at radius 1 is 1.25 bits per heavy atom. The van der Waals surface area contributed by atoms with Crippen LogP contribution in [0, 0.1) is 6.92 Å². The summed E-state index contributed by atoms with van der Waals surface area (Å²) in [5.41, 5.74) is 1.31. The molecule has 0 saturated carbocycles. The van der Waals surface area contributed by atoms with Crippen molar-refractivity contribution < 1.29 is 14.3 Å². The minimum Gasteiger partial charge on any atom is -0.450 e. The van der Waals surface area contributed by atoms with E-state index < -0.39 is 0 Å². The highest BCUT2D eigenvalue weighted by atomic mass is 35.5. The zero-order chi connectivity index (χ0) is 17.7. The predicted octanol–water partition coefficient (Wildman–Crippen LogP) is 4.04. The van der Waals surface area contributed by atoms with E-state index in [4.69, 9.17) is 27.9 Å². The Hall–Kier alpha value is -1.66. The molecular formula is C16H21Cl2N3O3. The van der Waals surface area contributed by atoms with Gasteiger partial charge in [0.15, 0.2) is 0 Å². The van der Waals surface area contributed by atoms with E-state index in [0.29, 0.717) is 48.3 Å². The van der Waals surface area contributed by atoms with Gasteiger partial charge in [0.1, 0.15) is 0 Å². The lowest BCUT2D eigenvalue weighted by Gasteiger charge is -2.31. The molecule has 132 valence electrons. The summed E-state index contributed by atoms with van der Waals surface area (Å²) in [6, 6.07) is 3.00. The second-order valence-electron chi connectivity index (χ2n) is 5.62. The lowest BCUT2D eigenvalue weighted by atomic mass is 10.1. The van der Waals surface area contributed by atoms with E-state index >= 15 is 0 Å². The Morgan fingerprint density at radius 2 is 1.83 bits per heavy atom. The number of piperidine rings is 1. The van der Waals surface area contributed by atoms with E-state index in [1.54, 1.807) is 24.0 Å². The smallest absolute Gasteiger partial charge is 0.409 e. The van der Waals surface area contributed by atoms with E-state index in [1.165, 1.54) is 0 Å². The molecule has 8 heteroatoms. The van der Waals surface area contributed by atoms with E-state index in [0.717, 1.165) is 5.56 Å². The number of hydrogen-bond donors (Lipinski definition) is 2. The molecular weight excluding hydrogens is 353 g/mol. The molecule has 1 aliphatic rings. The minimum atomic E-state index is -0.319. The van der Waals surface area contributed by atoms with Crippen LogP contribution in [0.4, 0.5) is 15.3 Å². The molecule has 1 fully saturated rings. The zero-order valence-corrected chi connectivity index (χ0v) is 15.2. The summed E-state index contributed by atoms with van der Waals surface area (Å²) in [6.45, 7) is 5.07. The third-order valence-corrected chi connectivity index (χ3v) is 4.68. The van der Waals surface area contributed by atoms with Gasteiger partial charge in [-0.3, -0.25) is 0 Å². The number of carbonyl (C=O) groups is 2. The number of amides is 3. The van der Waals surface area contributed by atoms with Crippen LogP contribution in [0.1, 0.15) is 25.3 Å². The summed E-state index contributed by atoms with van der Waals surface area (Å²) in [4.78, 5) is 25.4. The molecule has 0 unspecified atom stereocenters. The third-order valence-electron chi connectivity index (χ3n) is 3.89. The molecule has 0 aliphatic carbocycles. The molecule has 2 N–H and O–H groups in total. The van der Waals surface area contributed by atoms with Crippen LogP contribution in [0.15, 0.2) is 12.1 Å². The third kappa shape index (κ3) is 4.92. The average molecular weight is 374 g/mol. The van der Waals surface area contributed by atoms with Gasteiger partial charge in [-0.1, -0.05) is 23.2 Å². The van der Waals surface area contributed by atoms with Gasteiger partial charge in [-0.25, -0.2) is 9.59 Å². The Kier molecular flexibility index (Phi) is 6.57. The Balaban J connectivity index is 1.83.